The first kappa shape index (κ1) is 19.6. The summed E-state index contributed by atoms with van der Waals surface area (Å²) >= 11 is 0. The third kappa shape index (κ3) is 5.92. The van der Waals surface area contributed by atoms with Gasteiger partial charge >= 0.3 is 0 Å². The molecule has 0 aliphatic carbocycles. The number of benzene rings is 1. The molecule has 5 heteroatoms. The molecule has 1 fully saturated rings. The molecular weight excluding hydrogens is 316 g/mol. The SMILES string of the molecule is COc1ccc(CC(C)NC(=O)CC(C)C2CCCNC2)cc1OC. The lowest BCUT2D eigenvalue weighted by Gasteiger charge is -2.28. The lowest BCUT2D eigenvalue weighted by Crippen LogP contribution is -2.38. The standard InChI is InChI=1S/C20H32N2O3/c1-14(17-6-5-9-21-13-17)10-20(23)22-15(2)11-16-7-8-18(24-3)19(12-16)25-4/h7-8,12,14-15,17,21H,5-6,9-11,13H2,1-4H3,(H,22,23). The number of carbonyl (C=O) groups is 1. The Morgan fingerprint density at radius 1 is 1.28 bits per heavy atom. The summed E-state index contributed by atoms with van der Waals surface area (Å²) in [6.07, 6.45) is 3.81. The molecule has 1 aromatic carbocycles. The smallest absolute Gasteiger partial charge is 0.220 e. The molecule has 0 bridgehead atoms. The number of hydrogen-bond donors (Lipinski definition) is 2. The van der Waals surface area contributed by atoms with Gasteiger partial charge in [0.05, 0.1) is 14.2 Å². The lowest BCUT2D eigenvalue weighted by atomic mass is 9.85. The van der Waals surface area contributed by atoms with Crippen LogP contribution in [0.5, 0.6) is 11.5 Å². The zero-order valence-electron chi connectivity index (χ0n) is 15.9. The van der Waals surface area contributed by atoms with Crippen LogP contribution in [-0.2, 0) is 11.2 Å². The van der Waals surface area contributed by atoms with Crippen LogP contribution in [0.1, 0.15) is 38.7 Å². The Hall–Kier alpha value is -1.75. The van der Waals surface area contributed by atoms with Gasteiger partial charge in [-0.3, -0.25) is 4.79 Å². The van der Waals surface area contributed by atoms with Gasteiger partial charge in [-0.1, -0.05) is 13.0 Å². The van der Waals surface area contributed by atoms with Crippen molar-refractivity contribution in [3.63, 3.8) is 0 Å². The highest BCUT2D eigenvalue weighted by atomic mass is 16.5. The molecule has 1 aliphatic heterocycles. The van der Waals surface area contributed by atoms with Crippen molar-refractivity contribution in [3.05, 3.63) is 23.8 Å². The molecule has 140 valence electrons. The number of carbonyl (C=O) groups excluding carboxylic acids is 1. The van der Waals surface area contributed by atoms with Gasteiger partial charge in [-0.05, 0) is 68.8 Å². The second-order valence-corrected chi connectivity index (χ2v) is 7.15. The van der Waals surface area contributed by atoms with Crippen LogP contribution in [0.2, 0.25) is 0 Å². The average molecular weight is 348 g/mol. The predicted octanol–water partition coefficient (Wildman–Crippen LogP) is 2.78. The van der Waals surface area contributed by atoms with Gasteiger partial charge in [0.1, 0.15) is 0 Å². The summed E-state index contributed by atoms with van der Waals surface area (Å²) in [7, 11) is 3.26. The number of piperidine rings is 1. The van der Waals surface area contributed by atoms with Crippen LogP contribution in [-0.4, -0.2) is 39.3 Å². The summed E-state index contributed by atoms with van der Waals surface area (Å²) in [6.45, 7) is 6.38. The van der Waals surface area contributed by atoms with Gasteiger partial charge in [0.2, 0.25) is 5.91 Å². The molecule has 0 aromatic heterocycles. The Balaban J connectivity index is 1.82. The summed E-state index contributed by atoms with van der Waals surface area (Å²) in [5.41, 5.74) is 1.12. The second kappa shape index (κ2) is 9.66. The van der Waals surface area contributed by atoms with Crippen molar-refractivity contribution >= 4 is 5.91 Å². The van der Waals surface area contributed by atoms with E-state index in [1.165, 1.54) is 12.8 Å². The van der Waals surface area contributed by atoms with Crippen molar-refractivity contribution < 1.29 is 14.3 Å². The third-order valence-corrected chi connectivity index (χ3v) is 5.04. The summed E-state index contributed by atoms with van der Waals surface area (Å²) < 4.78 is 10.6. The van der Waals surface area contributed by atoms with E-state index in [2.05, 4.69) is 17.6 Å². The number of amides is 1. The van der Waals surface area contributed by atoms with Gasteiger partial charge < -0.3 is 20.1 Å². The molecule has 0 radical (unpaired) electrons. The van der Waals surface area contributed by atoms with Crippen molar-refractivity contribution in [2.24, 2.45) is 11.8 Å². The number of rotatable bonds is 8. The highest BCUT2D eigenvalue weighted by molar-refractivity contribution is 5.76. The Morgan fingerprint density at radius 2 is 2.04 bits per heavy atom. The maximum Gasteiger partial charge on any atom is 0.220 e. The summed E-state index contributed by atoms with van der Waals surface area (Å²) in [4.78, 5) is 12.3. The van der Waals surface area contributed by atoms with Crippen molar-refractivity contribution in [1.29, 1.82) is 0 Å². The van der Waals surface area contributed by atoms with E-state index in [-0.39, 0.29) is 11.9 Å². The predicted molar refractivity (Wildman–Crippen MR) is 100 cm³/mol. The van der Waals surface area contributed by atoms with Gasteiger partial charge in [-0.2, -0.15) is 0 Å². The number of methoxy groups -OCH3 is 2. The van der Waals surface area contributed by atoms with Crippen LogP contribution in [0.4, 0.5) is 0 Å². The molecule has 25 heavy (non-hydrogen) atoms. The van der Waals surface area contributed by atoms with E-state index in [1.807, 2.05) is 25.1 Å². The average Bonchev–Trinajstić information content (AvgIpc) is 2.62. The largest absolute Gasteiger partial charge is 0.493 e. The molecule has 1 aromatic rings. The first-order chi connectivity index (χ1) is 12.0. The molecule has 1 amide bonds. The van der Waals surface area contributed by atoms with Gasteiger partial charge in [0.25, 0.3) is 0 Å². The molecule has 1 heterocycles. The molecular formula is C20H32N2O3. The van der Waals surface area contributed by atoms with Crippen LogP contribution in [0, 0.1) is 11.8 Å². The fourth-order valence-corrected chi connectivity index (χ4v) is 3.57. The summed E-state index contributed by atoms with van der Waals surface area (Å²) in [6, 6.07) is 5.97. The first-order valence-electron chi connectivity index (χ1n) is 9.24. The zero-order chi connectivity index (χ0) is 18.2. The molecule has 3 unspecified atom stereocenters. The van der Waals surface area contributed by atoms with E-state index < -0.39 is 0 Å². The highest BCUT2D eigenvalue weighted by Gasteiger charge is 2.22. The Labute approximate surface area is 151 Å². The molecule has 0 saturated carbocycles. The van der Waals surface area contributed by atoms with Crippen LogP contribution in [0.3, 0.4) is 0 Å². The fourth-order valence-electron chi connectivity index (χ4n) is 3.57. The Morgan fingerprint density at radius 3 is 2.68 bits per heavy atom. The molecule has 1 saturated heterocycles. The maximum absolute atomic E-state index is 12.3. The van der Waals surface area contributed by atoms with E-state index in [0.29, 0.717) is 18.3 Å². The van der Waals surface area contributed by atoms with Gasteiger partial charge in [-0.15, -0.1) is 0 Å². The monoisotopic (exact) mass is 348 g/mol. The quantitative estimate of drug-likeness (QED) is 0.758. The van der Waals surface area contributed by atoms with E-state index in [9.17, 15) is 4.79 Å². The topological polar surface area (TPSA) is 59.6 Å². The minimum atomic E-state index is 0.0854. The van der Waals surface area contributed by atoms with Crippen molar-refractivity contribution in [3.8, 4) is 11.5 Å². The van der Waals surface area contributed by atoms with Crippen LogP contribution in [0.15, 0.2) is 18.2 Å². The minimum Gasteiger partial charge on any atom is -0.493 e. The Bertz CT molecular complexity index is 556. The fraction of sp³-hybridized carbons (Fsp3) is 0.650. The Kier molecular flexibility index (Phi) is 7.56. The number of nitrogens with one attached hydrogen (secondary N) is 2. The van der Waals surface area contributed by atoms with E-state index in [0.717, 1.165) is 36.6 Å². The van der Waals surface area contributed by atoms with Gasteiger partial charge in [0.15, 0.2) is 11.5 Å². The van der Waals surface area contributed by atoms with Crippen molar-refractivity contribution in [2.45, 2.75) is 45.6 Å². The zero-order valence-corrected chi connectivity index (χ0v) is 15.9. The molecule has 0 spiro atoms. The van der Waals surface area contributed by atoms with Crippen LogP contribution in [0.25, 0.3) is 0 Å². The molecule has 1 aliphatic rings. The minimum absolute atomic E-state index is 0.0854. The van der Waals surface area contributed by atoms with Crippen LogP contribution < -0.4 is 20.1 Å². The molecule has 2 rings (SSSR count). The van der Waals surface area contributed by atoms with E-state index in [4.69, 9.17) is 9.47 Å². The molecule has 2 N–H and O–H groups in total. The summed E-state index contributed by atoms with van der Waals surface area (Å²) in [5, 5.41) is 6.56. The maximum atomic E-state index is 12.3. The number of hydrogen-bond acceptors (Lipinski definition) is 4. The number of ether oxygens (including phenoxy) is 2. The molecule has 5 nitrogen and oxygen atoms in total. The van der Waals surface area contributed by atoms with Crippen molar-refractivity contribution in [1.82, 2.24) is 10.6 Å². The normalized spacial score (nSPS) is 19.8. The lowest BCUT2D eigenvalue weighted by molar-refractivity contribution is -0.122. The van der Waals surface area contributed by atoms with E-state index >= 15 is 0 Å². The van der Waals surface area contributed by atoms with Crippen LogP contribution >= 0.6 is 0 Å². The van der Waals surface area contributed by atoms with Gasteiger partial charge in [0, 0.05) is 12.5 Å². The first-order valence-corrected chi connectivity index (χ1v) is 9.24. The second-order valence-electron chi connectivity index (χ2n) is 7.15. The third-order valence-electron chi connectivity index (χ3n) is 5.04. The van der Waals surface area contributed by atoms with E-state index in [1.54, 1.807) is 14.2 Å². The highest BCUT2D eigenvalue weighted by Crippen LogP contribution is 2.28. The summed E-state index contributed by atoms with van der Waals surface area (Å²) in [5.74, 6) is 2.61. The molecule has 3 atom stereocenters. The van der Waals surface area contributed by atoms with Gasteiger partial charge in [-0.25, -0.2) is 0 Å². The van der Waals surface area contributed by atoms with Crippen molar-refractivity contribution in [2.75, 3.05) is 27.3 Å².